The number of nitrogen functional groups attached to an aromatic ring is 2. The average Bonchev–Trinajstić information content (AvgIpc) is 2.51. The van der Waals surface area contributed by atoms with Crippen LogP contribution < -0.4 is 11.5 Å². The number of carbonyl (C=O) groups excluding carboxylic acids is 2. The Bertz CT molecular complexity index is 812. The van der Waals surface area contributed by atoms with Crippen LogP contribution in [-0.4, -0.2) is 23.2 Å². The van der Waals surface area contributed by atoms with Crippen molar-refractivity contribution in [3.05, 3.63) is 69.8 Å². The van der Waals surface area contributed by atoms with Crippen LogP contribution in [0, 0.1) is 10.8 Å². The van der Waals surface area contributed by atoms with Gasteiger partial charge in [-0.25, -0.2) is 0 Å². The van der Waals surface area contributed by atoms with E-state index in [1.807, 2.05) is 0 Å². The van der Waals surface area contributed by atoms with E-state index >= 15 is 0 Å². The minimum Gasteiger partial charge on any atom is -0.384 e. The Hall–Kier alpha value is -3.28. The first-order valence-electron chi connectivity index (χ1n) is 6.47. The van der Waals surface area contributed by atoms with E-state index in [1.165, 1.54) is 12.1 Å². The second-order valence-corrected chi connectivity index (χ2v) is 4.94. The van der Waals surface area contributed by atoms with Crippen molar-refractivity contribution in [2.45, 2.75) is 0 Å². The summed E-state index contributed by atoms with van der Waals surface area (Å²) in [5.74, 6) is -1.41. The highest BCUT2D eigenvalue weighted by Gasteiger charge is 2.34. The van der Waals surface area contributed by atoms with Gasteiger partial charge in [0.2, 0.25) is 0 Å². The summed E-state index contributed by atoms with van der Waals surface area (Å²) in [5, 5.41) is 15.2. The molecule has 2 aromatic rings. The third-order valence-electron chi connectivity index (χ3n) is 3.66. The standard InChI is InChI=1S/C16H12N4O2/c17-15(18)9-5-6-10(16(19)20)12-11(9)13(21)7-3-1-2-4-8(7)14(12)22/h1-6H,(H3,17,18)(H3,19,20). The minimum absolute atomic E-state index is 0.0453. The number of ketones is 2. The summed E-state index contributed by atoms with van der Waals surface area (Å²) in [4.78, 5) is 25.5. The van der Waals surface area contributed by atoms with E-state index in [0.29, 0.717) is 0 Å². The van der Waals surface area contributed by atoms with Crippen LogP contribution >= 0.6 is 0 Å². The van der Waals surface area contributed by atoms with Gasteiger partial charge in [0, 0.05) is 33.4 Å². The highest BCUT2D eigenvalue weighted by molar-refractivity contribution is 6.33. The Morgan fingerprint density at radius 2 is 1.09 bits per heavy atom. The fraction of sp³-hybridized carbons (Fsp3) is 0. The summed E-state index contributed by atoms with van der Waals surface area (Å²) < 4.78 is 0. The van der Waals surface area contributed by atoms with E-state index in [9.17, 15) is 9.59 Å². The lowest BCUT2D eigenvalue weighted by atomic mass is 9.79. The van der Waals surface area contributed by atoms with E-state index in [0.717, 1.165) is 0 Å². The molecular weight excluding hydrogens is 280 g/mol. The van der Waals surface area contributed by atoms with E-state index in [2.05, 4.69) is 0 Å². The molecule has 0 bridgehead atoms. The summed E-state index contributed by atoms with van der Waals surface area (Å²) in [7, 11) is 0. The topological polar surface area (TPSA) is 134 Å². The molecular formula is C16H12N4O2. The molecule has 0 spiro atoms. The molecule has 0 unspecified atom stereocenters. The fourth-order valence-corrected chi connectivity index (χ4v) is 2.67. The van der Waals surface area contributed by atoms with Gasteiger partial charge in [0.15, 0.2) is 11.6 Å². The third kappa shape index (κ3) is 1.74. The second-order valence-electron chi connectivity index (χ2n) is 4.94. The zero-order valence-corrected chi connectivity index (χ0v) is 11.4. The number of nitrogens with two attached hydrogens (primary N) is 2. The second kappa shape index (κ2) is 4.63. The molecule has 3 rings (SSSR count). The number of amidine groups is 2. The molecule has 0 amide bonds. The first-order valence-corrected chi connectivity index (χ1v) is 6.47. The van der Waals surface area contributed by atoms with Crippen LogP contribution in [-0.2, 0) is 0 Å². The van der Waals surface area contributed by atoms with E-state index in [4.69, 9.17) is 22.3 Å². The maximum Gasteiger partial charge on any atom is 0.195 e. The molecule has 22 heavy (non-hydrogen) atoms. The van der Waals surface area contributed by atoms with Gasteiger partial charge in [-0.1, -0.05) is 24.3 Å². The lowest BCUT2D eigenvalue weighted by molar-refractivity contribution is 0.0979. The predicted molar refractivity (Wildman–Crippen MR) is 81.8 cm³/mol. The molecule has 0 saturated heterocycles. The molecule has 0 aromatic heterocycles. The monoisotopic (exact) mass is 292 g/mol. The van der Waals surface area contributed by atoms with Crippen molar-refractivity contribution in [2.24, 2.45) is 11.5 Å². The van der Waals surface area contributed by atoms with Crippen LogP contribution in [0.4, 0.5) is 0 Å². The highest BCUT2D eigenvalue weighted by Crippen LogP contribution is 2.31. The molecule has 108 valence electrons. The molecule has 0 atom stereocenters. The fourth-order valence-electron chi connectivity index (χ4n) is 2.67. The number of hydrogen-bond acceptors (Lipinski definition) is 4. The van der Waals surface area contributed by atoms with Crippen LogP contribution in [0.3, 0.4) is 0 Å². The molecule has 0 fully saturated rings. The molecule has 6 nitrogen and oxygen atoms in total. The number of carbonyl (C=O) groups is 2. The van der Waals surface area contributed by atoms with Crippen molar-refractivity contribution in [3.63, 3.8) is 0 Å². The lowest BCUT2D eigenvalue weighted by Gasteiger charge is -2.22. The molecule has 0 saturated carbocycles. The van der Waals surface area contributed by atoms with Crippen molar-refractivity contribution >= 4 is 23.2 Å². The van der Waals surface area contributed by atoms with E-state index in [-0.39, 0.29) is 45.1 Å². The zero-order chi connectivity index (χ0) is 16.0. The van der Waals surface area contributed by atoms with Gasteiger partial charge in [-0.15, -0.1) is 0 Å². The number of benzene rings is 2. The molecule has 0 radical (unpaired) electrons. The Balaban J connectivity index is 2.44. The van der Waals surface area contributed by atoms with Crippen LogP contribution in [0.5, 0.6) is 0 Å². The summed E-state index contributed by atoms with van der Waals surface area (Å²) in [6.45, 7) is 0. The SMILES string of the molecule is N=C(N)c1ccc(C(=N)N)c2c1C(=O)c1ccccc1C2=O. The van der Waals surface area contributed by atoms with Crippen LogP contribution in [0.2, 0.25) is 0 Å². The average molecular weight is 292 g/mol. The van der Waals surface area contributed by atoms with Crippen LogP contribution in [0.15, 0.2) is 36.4 Å². The van der Waals surface area contributed by atoms with Gasteiger partial charge in [0.05, 0.1) is 0 Å². The first kappa shape index (κ1) is 13.7. The zero-order valence-electron chi connectivity index (χ0n) is 11.4. The van der Waals surface area contributed by atoms with Gasteiger partial charge in [-0.3, -0.25) is 20.4 Å². The first-order chi connectivity index (χ1) is 10.4. The summed E-state index contributed by atoms with van der Waals surface area (Å²) in [6, 6.07) is 9.33. The van der Waals surface area contributed by atoms with Crippen molar-refractivity contribution in [3.8, 4) is 0 Å². The van der Waals surface area contributed by atoms with Crippen molar-refractivity contribution in [2.75, 3.05) is 0 Å². The summed E-state index contributed by atoms with van der Waals surface area (Å²) in [5.41, 5.74) is 12.0. The minimum atomic E-state index is -0.390. The molecule has 1 aliphatic rings. The van der Waals surface area contributed by atoms with Gasteiger partial charge in [-0.05, 0) is 12.1 Å². The van der Waals surface area contributed by atoms with Crippen LogP contribution in [0.25, 0.3) is 0 Å². The molecule has 1 aliphatic carbocycles. The molecule has 0 heterocycles. The maximum atomic E-state index is 12.7. The third-order valence-corrected chi connectivity index (χ3v) is 3.66. The van der Waals surface area contributed by atoms with Crippen molar-refractivity contribution < 1.29 is 9.59 Å². The summed E-state index contributed by atoms with van der Waals surface area (Å²) >= 11 is 0. The lowest BCUT2D eigenvalue weighted by Crippen LogP contribution is -2.29. The number of fused-ring (bicyclic) bond motifs is 2. The normalized spacial score (nSPS) is 12.5. The van der Waals surface area contributed by atoms with E-state index < -0.39 is 11.6 Å². The Morgan fingerprint density at radius 3 is 1.41 bits per heavy atom. The molecule has 6 N–H and O–H groups in total. The van der Waals surface area contributed by atoms with Gasteiger partial charge in [-0.2, -0.15) is 0 Å². The smallest absolute Gasteiger partial charge is 0.195 e. The number of nitrogens with one attached hydrogen (secondary N) is 2. The Labute approximate surface area is 125 Å². The Kier molecular flexibility index (Phi) is 2.88. The maximum absolute atomic E-state index is 12.7. The largest absolute Gasteiger partial charge is 0.384 e. The number of rotatable bonds is 2. The highest BCUT2D eigenvalue weighted by atomic mass is 16.1. The summed E-state index contributed by atoms with van der Waals surface area (Å²) in [6.07, 6.45) is 0. The van der Waals surface area contributed by atoms with Gasteiger partial charge in [0.1, 0.15) is 11.7 Å². The van der Waals surface area contributed by atoms with Crippen molar-refractivity contribution in [1.29, 1.82) is 10.8 Å². The van der Waals surface area contributed by atoms with Crippen molar-refractivity contribution in [1.82, 2.24) is 0 Å². The van der Waals surface area contributed by atoms with Crippen LogP contribution in [0.1, 0.15) is 43.0 Å². The molecule has 0 aliphatic heterocycles. The van der Waals surface area contributed by atoms with E-state index in [1.54, 1.807) is 24.3 Å². The number of hydrogen-bond donors (Lipinski definition) is 4. The predicted octanol–water partition coefficient (Wildman–Crippen LogP) is 1.03. The van der Waals surface area contributed by atoms with Gasteiger partial charge >= 0.3 is 0 Å². The Morgan fingerprint density at radius 1 is 0.727 bits per heavy atom. The van der Waals surface area contributed by atoms with Gasteiger partial charge < -0.3 is 11.5 Å². The van der Waals surface area contributed by atoms with Gasteiger partial charge in [0.25, 0.3) is 0 Å². The molecule has 2 aromatic carbocycles. The quantitative estimate of drug-likeness (QED) is 0.414. The molecule has 6 heteroatoms.